The van der Waals surface area contributed by atoms with E-state index in [9.17, 15) is 14.3 Å². The van der Waals surface area contributed by atoms with E-state index in [0.717, 1.165) is 29.7 Å². The van der Waals surface area contributed by atoms with E-state index >= 15 is 0 Å². The zero-order chi connectivity index (χ0) is 15.2. The minimum Gasteiger partial charge on any atom is -0.478 e. The van der Waals surface area contributed by atoms with Gasteiger partial charge in [0, 0.05) is 6.20 Å². The van der Waals surface area contributed by atoms with E-state index in [0.29, 0.717) is 5.03 Å². The molecule has 1 aromatic heterocycles. The first kappa shape index (κ1) is 15.5. The molecule has 2 rings (SSSR count). The lowest BCUT2D eigenvalue weighted by Crippen LogP contribution is -2.04. The Labute approximate surface area is 127 Å². The second-order valence-electron chi connectivity index (χ2n) is 4.69. The molecule has 3 nitrogen and oxygen atoms in total. The fourth-order valence-corrected chi connectivity index (χ4v) is 3.01. The summed E-state index contributed by atoms with van der Waals surface area (Å²) in [6, 6.07) is 8.15. The third kappa shape index (κ3) is 4.29. The van der Waals surface area contributed by atoms with Crippen LogP contribution in [0.4, 0.5) is 4.39 Å². The van der Waals surface area contributed by atoms with Gasteiger partial charge in [0.25, 0.3) is 0 Å². The van der Waals surface area contributed by atoms with Gasteiger partial charge in [-0.15, -0.1) is 11.8 Å². The first-order valence-electron chi connectivity index (χ1n) is 6.64. The Morgan fingerprint density at radius 3 is 2.67 bits per heavy atom. The molecule has 1 N–H and O–H groups in total. The Balaban J connectivity index is 1.90. The van der Waals surface area contributed by atoms with Crippen molar-refractivity contribution >= 4 is 17.7 Å². The number of thioether (sulfide) groups is 1. The van der Waals surface area contributed by atoms with Crippen LogP contribution in [0, 0.1) is 12.7 Å². The lowest BCUT2D eigenvalue weighted by Gasteiger charge is -2.07. The SMILES string of the molecule is Cc1ccnc(SCCCc2ccc(F)cc2)c1C(=O)O. The number of hydrogen-bond donors (Lipinski definition) is 1. The quantitative estimate of drug-likeness (QED) is 0.648. The van der Waals surface area contributed by atoms with Gasteiger partial charge in [-0.1, -0.05) is 12.1 Å². The number of rotatable bonds is 6. The molecule has 2 aromatic rings. The number of pyridine rings is 1. The van der Waals surface area contributed by atoms with Gasteiger partial charge in [-0.2, -0.15) is 0 Å². The van der Waals surface area contributed by atoms with Crippen LogP contribution in [0.3, 0.4) is 0 Å². The van der Waals surface area contributed by atoms with Crippen molar-refractivity contribution in [2.45, 2.75) is 24.8 Å². The van der Waals surface area contributed by atoms with Crippen LogP contribution in [0.5, 0.6) is 0 Å². The zero-order valence-electron chi connectivity index (χ0n) is 11.7. The summed E-state index contributed by atoms with van der Waals surface area (Å²) in [7, 11) is 0. The highest BCUT2D eigenvalue weighted by atomic mass is 32.2. The van der Waals surface area contributed by atoms with Crippen LogP contribution in [0.1, 0.15) is 27.9 Å². The molecule has 0 saturated heterocycles. The third-order valence-corrected chi connectivity index (χ3v) is 4.18. The molecule has 0 aliphatic carbocycles. The lowest BCUT2D eigenvalue weighted by molar-refractivity contribution is 0.0691. The Hall–Kier alpha value is -1.88. The van der Waals surface area contributed by atoms with Crippen molar-refractivity contribution in [1.82, 2.24) is 4.98 Å². The van der Waals surface area contributed by atoms with Gasteiger partial charge in [0.1, 0.15) is 10.8 Å². The molecule has 0 bridgehead atoms. The normalized spacial score (nSPS) is 10.6. The van der Waals surface area contributed by atoms with Gasteiger partial charge < -0.3 is 5.11 Å². The third-order valence-electron chi connectivity index (χ3n) is 3.10. The Morgan fingerprint density at radius 2 is 2.00 bits per heavy atom. The molecule has 1 aromatic carbocycles. The topological polar surface area (TPSA) is 50.2 Å². The molecule has 0 unspecified atom stereocenters. The Bertz CT molecular complexity index is 629. The number of halogens is 1. The molecule has 0 amide bonds. The maximum absolute atomic E-state index is 12.8. The summed E-state index contributed by atoms with van der Waals surface area (Å²) in [5, 5.41) is 9.78. The molecule has 0 radical (unpaired) electrons. The van der Waals surface area contributed by atoms with Gasteiger partial charge in [-0.05, 0) is 54.8 Å². The fourth-order valence-electron chi connectivity index (χ4n) is 2.00. The Kier molecular flexibility index (Phi) is 5.33. The summed E-state index contributed by atoms with van der Waals surface area (Å²) >= 11 is 1.45. The monoisotopic (exact) mass is 305 g/mol. The van der Waals surface area contributed by atoms with Gasteiger partial charge in [-0.3, -0.25) is 0 Å². The highest BCUT2D eigenvalue weighted by Crippen LogP contribution is 2.24. The number of hydrogen-bond acceptors (Lipinski definition) is 3. The van der Waals surface area contributed by atoms with Crippen LogP contribution < -0.4 is 0 Å². The highest BCUT2D eigenvalue weighted by Gasteiger charge is 2.14. The van der Waals surface area contributed by atoms with E-state index in [1.165, 1.54) is 23.9 Å². The number of nitrogens with zero attached hydrogens (tertiary/aromatic N) is 1. The van der Waals surface area contributed by atoms with Crippen LogP contribution in [-0.2, 0) is 6.42 Å². The molecule has 0 fully saturated rings. The van der Waals surface area contributed by atoms with Crippen molar-refractivity contribution in [3.63, 3.8) is 0 Å². The van der Waals surface area contributed by atoms with Crippen LogP contribution in [0.25, 0.3) is 0 Å². The van der Waals surface area contributed by atoms with Crippen LogP contribution in [0.2, 0.25) is 0 Å². The second-order valence-corrected chi connectivity index (χ2v) is 5.78. The Morgan fingerprint density at radius 1 is 1.29 bits per heavy atom. The predicted molar refractivity (Wildman–Crippen MR) is 81.4 cm³/mol. The first-order valence-corrected chi connectivity index (χ1v) is 7.62. The summed E-state index contributed by atoms with van der Waals surface area (Å²) in [4.78, 5) is 15.4. The van der Waals surface area contributed by atoms with E-state index in [1.54, 1.807) is 31.3 Å². The molecule has 1 heterocycles. The fraction of sp³-hybridized carbons (Fsp3) is 0.250. The van der Waals surface area contributed by atoms with Crippen molar-refractivity contribution in [1.29, 1.82) is 0 Å². The van der Waals surface area contributed by atoms with Gasteiger partial charge in [0.2, 0.25) is 0 Å². The number of aromatic carboxylic acids is 1. The summed E-state index contributed by atoms with van der Waals surface area (Å²) in [6.45, 7) is 1.77. The molecule has 21 heavy (non-hydrogen) atoms. The molecule has 5 heteroatoms. The number of carboxylic acids is 1. The van der Waals surface area contributed by atoms with Crippen LogP contribution in [0.15, 0.2) is 41.6 Å². The average Bonchev–Trinajstić information content (AvgIpc) is 2.45. The number of benzene rings is 1. The van der Waals surface area contributed by atoms with Crippen molar-refractivity contribution in [2.24, 2.45) is 0 Å². The first-order chi connectivity index (χ1) is 10.1. The number of carboxylic acid groups (broad SMARTS) is 1. The maximum atomic E-state index is 12.8. The minimum atomic E-state index is -0.943. The van der Waals surface area contributed by atoms with E-state index < -0.39 is 5.97 Å². The van der Waals surface area contributed by atoms with E-state index in [1.807, 2.05) is 0 Å². The van der Waals surface area contributed by atoms with Crippen LogP contribution >= 0.6 is 11.8 Å². The zero-order valence-corrected chi connectivity index (χ0v) is 12.5. The largest absolute Gasteiger partial charge is 0.478 e. The second kappa shape index (κ2) is 7.22. The van der Waals surface area contributed by atoms with Gasteiger partial charge in [0.05, 0.1) is 5.56 Å². The number of aryl methyl sites for hydroxylation is 2. The van der Waals surface area contributed by atoms with Gasteiger partial charge >= 0.3 is 5.97 Å². The summed E-state index contributed by atoms with van der Waals surface area (Å²) in [5.41, 5.74) is 2.08. The summed E-state index contributed by atoms with van der Waals surface area (Å²) in [5.74, 6) is -0.404. The molecule has 0 aliphatic heterocycles. The molecular weight excluding hydrogens is 289 g/mol. The molecule has 0 spiro atoms. The molecule has 0 atom stereocenters. The smallest absolute Gasteiger partial charge is 0.338 e. The summed E-state index contributed by atoms with van der Waals surface area (Å²) < 4.78 is 12.8. The van der Waals surface area contributed by atoms with E-state index in [2.05, 4.69) is 4.98 Å². The summed E-state index contributed by atoms with van der Waals surface area (Å²) in [6.07, 6.45) is 3.34. The van der Waals surface area contributed by atoms with E-state index in [-0.39, 0.29) is 11.4 Å². The maximum Gasteiger partial charge on any atom is 0.338 e. The average molecular weight is 305 g/mol. The number of carbonyl (C=O) groups is 1. The minimum absolute atomic E-state index is 0.233. The van der Waals surface area contributed by atoms with Crippen molar-refractivity contribution < 1.29 is 14.3 Å². The van der Waals surface area contributed by atoms with Gasteiger partial charge in [0.15, 0.2) is 0 Å². The van der Waals surface area contributed by atoms with Crippen molar-refractivity contribution in [2.75, 3.05) is 5.75 Å². The molecule has 0 aliphatic rings. The van der Waals surface area contributed by atoms with E-state index in [4.69, 9.17) is 0 Å². The number of aromatic nitrogens is 1. The van der Waals surface area contributed by atoms with Gasteiger partial charge in [-0.25, -0.2) is 14.2 Å². The molecule has 110 valence electrons. The molecular formula is C16H16FNO2S. The van der Waals surface area contributed by atoms with Crippen molar-refractivity contribution in [3.8, 4) is 0 Å². The predicted octanol–water partition coefficient (Wildman–Crippen LogP) is 3.95. The standard InChI is InChI=1S/C16H16FNO2S/c1-11-8-9-18-15(14(11)16(19)20)21-10-2-3-12-4-6-13(17)7-5-12/h4-9H,2-3,10H2,1H3,(H,19,20). The molecule has 0 saturated carbocycles. The van der Waals surface area contributed by atoms with Crippen molar-refractivity contribution in [3.05, 3.63) is 59.0 Å². The van der Waals surface area contributed by atoms with Crippen LogP contribution in [-0.4, -0.2) is 21.8 Å². The highest BCUT2D eigenvalue weighted by molar-refractivity contribution is 7.99. The lowest BCUT2D eigenvalue weighted by atomic mass is 10.1.